The first-order chi connectivity index (χ1) is 5.29. The van der Waals surface area contributed by atoms with Crippen LogP contribution in [0.2, 0.25) is 0 Å². The molecule has 1 aliphatic heterocycles. The van der Waals surface area contributed by atoms with Crippen molar-refractivity contribution in [2.75, 3.05) is 6.54 Å². The maximum absolute atomic E-state index is 9.80. The first kappa shape index (κ1) is 7.56. The lowest BCUT2D eigenvalue weighted by molar-refractivity contribution is -0.0429. The number of fused-ring (bicyclic) bond motifs is 1. The van der Waals surface area contributed by atoms with Crippen molar-refractivity contribution in [2.24, 2.45) is 5.41 Å². The number of nitrogens with one attached hydrogen (secondary N) is 1. The summed E-state index contributed by atoms with van der Waals surface area (Å²) in [5.41, 5.74) is 0.286. The molecule has 11 heavy (non-hydrogen) atoms. The average Bonchev–Trinajstić information content (AvgIpc) is 2.27. The Hall–Kier alpha value is -0.0800. The van der Waals surface area contributed by atoms with Crippen molar-refractivity contribution in [1.29, 1.82) is 0 Å². The largest absolute Gasteiger partial charge is 0.392 e. The number of aliphatic hydroxyl groups excluding tert-OH is 1. The lowest BCUT2D eigenvalue weighted by Crippen LogP contribution is -2.53. The Balaban J connectivity index is 2.09. The van der Waals surface area contributed by atoms with Crippen LogP contribution in [-0.4, -0.2) is 23.8 Å². The van der Waals surface area contributed by atoms with E-state index in [4.69, 9.17) is 0 Å². The fourth-order valence-corrected chi connectivity index (χ4v) is 2.72. The van der Waals surface area contributed by atoms with E-state index in [1.165, 1.54) is 19.3 Å². The Bertz CT molecular complexity index is 160. The SMILES string of the molecule is CCC(O)C12CCNC1CC2. The van der Waals surface area contributed by atoms with Crippen LogP contribution in [0.25, 0.3) is 0 Å². The number of hydrogen-bond acceptors (Lipinski definition) is 2. The molecule has 1 saturated heterocycles. The summed E-state index contributed by atoms with van der Waals surface area (Å²) in [5, 5.41) is 13.3. The van der Waals surface area contributed by atoms with Crippen molar-refractivity contribution in [3.8, 4) is 0 Å². The molecule has 2 rings (SSSR count). The smallest absolute Gasteiger partial charge is 0.0609 e. The fraction of sp³-hybridized carbons (Fsp3) is 1.00. The van der Waals surface area contributed by atoms with Crippen molar-refractivity contribution in [1.82, 2.24) is 5.32 Å². The molecule has 0 amide bonds. The summed E-state index contributed by atoms with van der Waals surface area (Å²) in [7, 11) is 0. The van der Waals surface area contributed by atoms with Crippen molar-refractivity contribution in [3.05, 3.63) is 0 Å². The van der Waals surface area contributed by atoms with Gasteiger partial charge in [0.25, 0.3) is 0 Å². The van der Waals surface area contributed by atoms with E-state index < -0.39 is 0 Å². The van der Waals surface area contributed by atoms with E-state index in [9.17, 15) is 5.11 Å². The highest BCUT2D eigenvalue weighted by Gasteiger charge is 2.53. The van der Waals surface area contributed by atoms with E-state index in [0.29, 0.717) is 6.04 Å². The monoisotopic (exact) mass is 155 g/mol. The molecule has 0 aromatic heterocycles. The molecule has 1 saturated carbocycles. The zero-order chi connectivity index (χ0) is 7.90. The zero-order valence-corrected chi connectivity index (χ0v) is 7.14. The highest BCUT2D eigenvalue weighted by Crippen LogP contribution is 2.50. The first-order valence-electron chi connectivity index (χ1n) is 4.71. The first-order valence-corrected chi connectivity index (χ1v) is 4.71. The Morgan fingerprint density at radius 2 is 2.45 bits per heavy atom. The van der Waals surface area contributed by atoms with Gasteiger partial charge in [-0.25, -0.2) is 0 Å². The van der Waals surface area contributed by atoms with Gasteiger partial charge in [-0.3, -0.25) is 0 Å². The van der Waals surface area contributed by atoms with Crippen LogP contribution in [0.4, 0.5) is 0 Å². The second kappa shape index (κ2) is 2.46. The van der Waals surface area contributed by atoms with Gasteiger partial charge in [-0.2, -0.15) is 0 Å². The van der Waals surface area contributed by atoms with Gasteiger partial charge in [-0.15, -0.1) is 0 Å². The molecule has 3 unspecified atom stereocenters. The number of rotatable bonds is 2. The molecule has 2 fully saturated rings. The Labute approximate surface area is 68.0 Å². The Kier molecular flexibility index (Phi) is 1.69. The van der Waals surface area contributed by atoms with E-state index in [2.05, 4.69) is 12.2 Å². The fourth-order valence-electron chi connectivity index (χ4n) is 2.72. The standard InChI is InChI=1S/C9H17NO/c1-2-8(11)9-4-3-7(9)10-6-5-9/h7-8,10-11H,2-6H2,1H3. The minimum atomic E-state index is -0.0590. The molecule has 0 aromatic carbocycles. The zero-order valence-electron chi connectivity index (χ0n) is 7.14. The predicted octanol–water partition coefficient (Wildman–Crippen LogP) is 0.899. The third-order valence-electron chi connectivity index (χ3n) is 3.62. The molecule has 0 radical (unpaired) electrons. The van der Waals surface area contributed by atoms with Gasteiger partial charge in [-0.1, -0.05) is 6.92 Å². The van der Waals surface area contributed by atoms with E-state index in [1.54, 1.807) is 0 Å². The number of aliphatic hydroxyl groups is 1. The molecule has 3 atom stereocenters. The van der Waals surface area contributed by atoms with Gasteiger partial charge in [0.1, 0.15) is 0 Å². The van der Waals surface area contributed by atoms with E-state index in [0.717, 1.165) is 13.0 Å². The molecule has 2 aliphatic rings. The predicted molar refractivity (Wildman–Crippen MR) is 44.4 cm³/mol. The summed E-state index contributed by atoms with van der Waals surface area (Å²) in [4.78, 5) is 0. The van der Waals surface area contributed by atoms with Gasteiger partial charge in [0, 0.05) is 11.5 Å². The van der Waals surface area contributed by atoms with Crippen LogP contribution in [0, 0.1) is 5.41 Å². The molecular weight excluding hydrogens is 138 g/mol. The van der Waals surface area contributed by atoms with Crippen LogP contribution < -0.4 is 5.32 Å². The lowest BCUT2D eigenvalue weighted by atomic mass is 9.61. The topological polar surface area (TPSA) is 32.3 Å². The molecule has 2 N–H and O–H groups in total. The Morgan fingerprint density at radius 3 is 2.91 bits per heavy atom. The molecule has 0 aromatic rings. The molecule has 2 nitrogen and oxygen atoms in total. The minimum Gasteiger partial charge on any atom is -0.392 e. The summed E-state index contributed by atoms with van der Waals surface area (Å²) < 4.78 is 0. The van der Waals surface area contributed by atoms with Crippen molar-refractivity contribution in [3.63, 3.8) is 0 Å². The van der Waals surface area contributed by atoms with Crippen LogP contribution >= 0.6 is 0 Å². The average molecular weight is 155 g/mol. The highest BCUT2D eigenvalue weighted by molar-refractivity contribution is 5.08. The van der Waals surface area contributed by atoms with E-state index in [1.807, 2.05) is 0 Å². The highest BCUT2D eigenvalue weighted by atomic mass is 16.3. The van der Waals surface area contributed by atoms with Gasteiger partial charge < -0.3 is 10.4 Å². The van der Waals surface area contributed by atoms with Gasteiger partial charge in [-0.05, 0) is 32.2 Å². The lowest BCUT2D eigenvalue weighted by Gasteiger charge is -2.47. The maximum atomic E-state index is 9.80. The third kappa shape index (κ3) is 0.859. The number of hydrogen-bond donors (Lipinski definition) is 2. The minimum absolute atomic E-state index is 0.0590. The van der Waals surface area contributed by atoms with Crippen LogP contribution in [-0.2, 0) is 0 Å². The van der Waals surface area contributed by atoms with Crippen LogP contribution in [0.1, 0.15) is 32.6 Å². The molecule has 1 heterocycles. The molecule has 0 bridgehead atoms. The summed E-state index contributed by atoms with van der Waals surface area (Å²) in [6.45, 7) is 3.19. The van der Waals surface area contributed by atoms with Crippen molar-refractivity contribution in [2.45, 2.75) is 44.8 Å². The van der Waals surface area contributed by atoms with E-state index >= 15 is 0 Å². The summed E-state index contributed by atoms with van der Waals surface area (Å²) >= 11 is 0. The van der Waals surface area contributed by atoms with Crippen LogP contribution in [0.3, 0.4) is 0 Å². The van der Waals surface area contributed by atoms with Gasteiger partial charge in [0.15, 0.2) is 0 Å². The molecule has 1 aliphatic carbocycles. The second-order valence-electron chi connectivity index (χ2n) is 3.95. The van der Waals surface area contributed by atoms with Gasteiger partial charge in [0.05, 0.1) is 6.10 Å². The van der Waals surface area contributed by atoms with Crippen LogP contribution in [0.5, 0.6) is 0 Å². The molecule has 2 heteroatoms. The summed E-state index contributed by atoms with van der Waals surface area (Å²) in [6.07, 6.45) is 4.55. The van der Waals surface area contributed by atoms with Gasteiger partial charge >= 0.3 is 0 Å². The summed E-state index contributed by atoms with van der Waals surface area (Å²) in [5.74, 6) is 0. The second-order valence-corrected chi connectivity index (χ2v) is 3.95. The van der Waals surface area contributed by atoms with Gasteiger partial charge in [0.2, 0.25) is 0 Å². The van der Waals surface area contributed by atoms with Crippen LogP contribution in [0.15, 0.2) is 0 Å². The maximum Gasteiger partial charge on any atom is 0.0609 e. The quantitative estimate of drug-likeness (QED) is 0.621. The van der Waals surface area contributed by atoms with E-state index in [-0.39, 0.29) is 11.5 Å². The summed E-state index contributed by atoms with van der Waals surface area (Å²) in [6, 6.07) is 0.637. The Morgan fingerprint density at radius 1 is 1.64 bits per heavy atom. The molecule has 0 spiro atoms. The third-order valence-corrected chi connectivity index (χ3v) is 3.62. The molecular formula is C9H17NO. The van der Waals surface area contributed by atoms with Crippen molar-refractivity contribution >= 4 is 0 Å². The van der Waals surface area contributed by atoms with Crippen molar-refractivity contribution < 1.29 is 5.11 Å². The normalized spacial score (nSPS) is 44.7. The molecule has 64 valence electrons.